The van der Waals surface area contributed by atoms with Gasteiger partial charge in [-0.05, 0) is 37.1 Å². The summed E-state index contributed by atoms with van der Waals surface area (Å²) in [5, 5.41) is 9.92. The Morgan fingerprint density at radius 2 is 1.94 bits per heavy atom. The number of rotatable bonds is 2. The lowest BCUT2D eigenvalue weighted by Gasteiger charge is -2.32. The molecule has 1 saturated heterocycles. The van der Waals surface area contributed by atoms with Crippen LogP contribution in [0.25, 0.3) is 0 Å². The molecule has 176 valence electrons. The first-order chi connectivity index (χ1) is 16.0. The maximum atomic E-state index is 13.1. The van der Waals surface area contributed by atoms with Crippen LogP contribution in [0.1, 0.15) is 23.2 Å². The van der Waals surface area contributed by atoms with Crippen molar-refractivity contribution in [1.82, 2.24) is 19.7 Å². The summed E-state index contributed by atoms with van der Waals surface area (Å²) in [7, 11) is 1.73. The first-order valence-corrected chi connectivity index (χ1v) is 11.3. The molecule has 1 unspecified atom stereocenters. The van der Waals surface area contributed by atoms with Crippen molar-refractivity contribution < 1.29 is 24.2 Å². The molecule has 2 aliphatic rings. The Morgan fingerprint density at radius 1 is 1.12 bits per heavy atom. The highest BCUT2D eigenvalue weighted by molar-refractivity contribution is 5.96. The standard InChI is InChI=1S/C24H30N4O5/c1-26-12-13-27(17-22(30)28-11-5-6-18(29)16-28)14-15-32-20-8-2-3-9-21(20)33-23-19(24(26)31)7-4-10-25-23/h2-4,7-10,18,29H,5-6,11-17H2,1H3. The van der Waals surface area contributed by atoms with Crippen LogP contribution >= 0.6 is 0 Å². The molecule has 4 rings (SSSR count). The number of carbonyl (C=O) groups is 2. The zero-order valence-corrected chi connectivity index (χ0v) is 18.9. The minimum Gasteiger partial charge on any atom is -0.488 e. The topological polar surface area (TPSA) is 95.4 Å². The van der Waals surface area contributed by atoms with Crippen LogP contribution in [0.3, 0.4) is 0 Å². The van der Waals surface area contributed by atoms with Crippen molar-refractivity contribution in [3.05, 3.63) is 48.2 Å². The van der Waals surface area contributed by atoms with E-state index in [0.29, 0.717) is 56.4 Å². The monoisotopic (exact) mass is 454 g/mol. The molecule has 9 heteroatoms. The van der Waals surface area contributed by atoms with E-state index in [1.54, 1.807) is 47.3 Å². The Kier molecular flexibility index (Phi) is 7.41. The van der Waals surface area contributed by atoms with E-state index in [2.05, 4.69) is 4.98 Å². The van der Waals surface area contributed by atoms with Gasteiger partial charge in [0.05, 0.1) is 12.6 Å². The van der Waals surface area contributed by atoms with Crippen LogP contribution in [0, 0.1) is 0 Å². The average molecular weight is 455 g/mol. The normalized spacial score (nSPS) is 20.3. The van der Waals surface area contributed by atoms with E-state index in [0.717, 1.165) is 12.8 Å². The van der Waals surface area contributed by atoms with Gasteiger partial charge in [0.2, 0.25) is 11.8 Å². The largest absolute Gasteiger partial charge is 0.488 e. The van der Waals surface area contributed by atoms with Crippen molar-refractivity contribution in [3.63, 3.8) is 0 Å². The number of aliphatic hydroxyl groups excluding tert-OH is 1. The van der Waals surface area contributed by atoms with Crippen molar-refractivity contribution in [2.75, 3.05) is 52.9 Å². The molecule has 1 atom stereocenters. The number of para-hydroxylation sites is 2. The molecule has 0 bridgehead atoms. The summed E-state index contributed by atoms with van der Waals surface area (Å²) in [6, 6.07) is 10.6. The highest BCUT2D eigenvalue weighted by Crippen LogP contribution is 2.32. The molecule has 1 N–H and O–H groups in total. The van der Waals surface area contributed by atoms with Gasteiger partial charge in [-0.2, -0.15) is 0 Å². The van der Waals surface area contributed by atoms with Gasteiger partial charge >= 0.3 is 0 Å². The molecule has 0 saturated carbocycles. The molecule has 1 fully saturated rings. The van der Waals surface area contributed by atoms with Crippen LogP contribution in [-0.2, 0) is 4.79 Å². The lowest BCUT2D eigenvalue weighted by atomic mass is 10.1. The number of nitrogens with zero attached hydrogens (tertiary/aromatic N) is 4. The Bertz CT molecular complexity index is 985. The first kappa shape index (κ1) is 23.0. The first-order valence-electron chi connectivity index (χ1n) is 11.3. The fraction of sp³-hybridized carbons (Fsp3) is 0.458. The zero-order chi connectivity index (χ0) is 23.2. The summed E-state index contributed by atoms with van der Waals surface area (Å²) in [5.74, 6) is 1.00. The van der Waals surface area contributed by atoms with E-state index in [1.165, 1.54) is 0 Å². The van der Waals surface area contributed by atoms with E-state index in [4.69, 9.17) is 9.47 Å². The molecule has 2 amide bonds. The number of pyridine rings is 1. The number of benzene rings is 1. The van der Waals surface area contributed by atoms with Gasteiger partial charge in [-0.3, -0.25) is 14.5 Å². The Hall–Kier alpha value is -3.17. The van der Waals surface area contributed by atoms with E-state index in [1.807, 2.05) is 17.0 Å². The molecule has 9 nitrogen and oxygen atoms in total. The molecule has 1 aromatic carbocycles. The van der Waals surface area contributed by atoms with Gasteiger partial charge in [-0.25, -0.2) is 4.98 Å². The fourth-order valence-corrected chi connectivity index (χ4v) is 4.02. The number of hydrogen-bond acceptors (Lipinski definition) is 7. The van der Waals surface area contributed by atoms with Crippen molar-refractivity contribution >= 4 is 11.8 Å². The predicted octanol–water partition coefficient (Wildman–Crippen LogP) is 1.62. The van der Waals surface area contributed by atoms with Crippen molar-refractivity contribution in [2.45, 2.75) is 18.9 Å². The summed E-state index contributed by atoms with van der Waals surface area (Å²) < 4.78 is 12.0. The van der Waals surface area contributed by atoms with E-state index < -0.39 is 6.10 Å². The van der Waals surface area contributed by atoms with Gasteiger partial charge in [0.1, 0.15) is 12.2 Å². The number of hydrogen-bond donors (Lipinski definition) is 1. The number of ether oxygens (including phenoxy) is 2. The highest BCUT2D eigenvalue weighted by Gasteiger charge is 2.25. The molecule has 1 aromatic heterocycles. The van der Waals surface area contributed by atoms with Crippen LogP contribution in [0.4, 0.5) is 0 Å². The Balaban J connectivity index is 1.54. The average Bonchev–Trinajstić information content (AvgIpc) is 2.83. The second-order valence-electron chi connectivity index (χ2n) is 8.39. The highest BCUT2D eigenvalue weighted by atomic mass is 16.5. The maximum absolute atomic E-state index is 13.1. The number of β-amino-alcohol motifs (C(OH)–C–C–N with tert-alkyl or cyclic N) is 1. The SMILES string of the molecule is CN1CCN(CC(=O)N2CCCC(O)C2)CCOc2ccccc2Oc2ncccc2C1=O. The predicted molar refractivity (Wildman–Crippen MR) is 121 cm³/mol. The third-order valence-electron chi connectivity index (χ3n) is 5.93. The molecule has 2 aliphatic heterocycles. The lowest BCUT2D eigenvalue weighted by molar-refractivity contribution is -0.135. The van der Waals surface area contributed by atoms with Crippen LogP contribution in [0.5, 0.6) is 17.4 Å². The van der Waals surface area contributed by atoms with Gasteiger partial charge in [-0.15, -0.1) is 0 Å². The number of likely N-dealkylation sites (tertiary alicyclic amines) is 1. The summed E-state index contributed by atoms with van der Waals surface area (Å²) in [4.78, 5) is 35.6. The molecule has 0 radical (unpaired) electrons. The van der Waals surface area contributed by atoms with Gasteiger partial charge in [0.25, 0.3) is 5.91 Å². The number of aliphatic hydroxyl groups is 1. The second-order valence-corrected chi connectivity index (χ2v) is 8.39. The molecule has 0 spiro atoms. The lowest BCUT2D eigenvalue weighted by Crippen LogP contribution is -2.48. The minimum atomic E-state index is -0.463. The summed E-state index contributed by atoms with van der Waals surface area (Å²) >= 11 is 0. The smallest absolute Gasteiger partial charge is 0.259 e. The second kappa shape index (κ2) is 10.6. The molecular weight excluding hydrogens is 424 g/mol. The van der Waals surface area contributed by atoms with Gasteiger partial charge < -0.3 is 24.4 Å². The maximum Gasteiger partial charge on any atom is 0.259 e. The number of amides is 2. The van der Waals surface area contributed by atoms with Gasteiger partial charge in [0.15, 0.2) is 11.5 Å². The van der Waals surface area contributed by atoms with Crippen LogP contribution in [-0.4, -0.2) is 95.6 Å². The third-order valence-corrected chi connectivity index (χ3v) is 5.93. The van der Waals surface area contributed by atoms with E-state index in [-0.39, 0.29) is 24.2 Å². The van der Waals surface area contributed by atoms with E-state index in [9.17, 15) is 14.7 Å². The Morgan fingerprint density at radius 3 is 2.76 bits per heavy atom. The van der Waals surface area contributed by atoms with Gasteiger partial charge in [-0.1, -0.05) is 12.1 Å². The van der Waals surface area contributed by atoms with Crippen LogP contribution in [0.2, 0.25) is 0 Å². The fourth-order valence-electron chi connectivity index (χ4n) is 4.02. The Labute approximate surface area is 193 Å². The molecule has 2 aromatic rings. The quantitative estimate of drug-likeness (QED) is 0.737. The van der Waals surface area contributed by atoms with Crippen LogP contribution < -0.4 is 9.47 Å². The van der Waals surface area contributed by atoms with E-state index >= 15 is 0 Å². The summed E-state index contributed by atoms with van der Waals surface area (Å²) in [6.45, 7) is 3.02. The number of carbonyl (C=O) groups excluding carboxylic acids is 2. The number of likely N-dealkylation sites (N-methyl/N-ethyl adjacent to an activating group) is 1. The summed E-state index contributed by atoms with van der Waals surface area (Å²) in [5.41, 5.74) is 0.360. The zero-order valence-electron chi connectivity index (χ0n) is 18.9. The molecule has 3 heterocycles. The van der Waals surface area contributed by atoms with Gasteiger partial charge in [0, 0.05) is 46.0 Å². The number of piperidine rings is 1. The van der Waals surface area contributed by atoms with Crippen LogP contribution in [0.15, 0.2) is 42.6 Å². The molecular formula is C24H30N4O5. The van der Waals surface area contributed by atoms with Crippen molar-refractivity contribution in [1.29, 1.82) is 0 Å². The van der Waals surface area contributed by atoms with Crippen molar-refractivity contribution in [3.8, 4) is 17.4 Å². The number of aromatic nitrogens is 1. The summed E-state index contributed by atoms with van der Waals surface area (Å²) in [6.07, 6.45) is 2.65. The molecule has 0 aliphatic carbocycles. The number of fused-ring (bicyclic) bond motifs is 2. The third kappa shape index (κ3) is 5.80. The van der Waals surface area contributed by atoms with Crippen molar-refractivity contribution in [2.24, 2.45) is 0 Å². The molecule has 33 heavy (non-hydrogen) atoms. The minimum absolute atomic E-state index is 0.0228.